The molecule has 156 valence electrons. The van der Waals surface area contributed by atoms with Gasteiger partial charge in [0.05, 0.1) is 12.0 Å². The summed E-state index contributed by atoms with van der Waals surface area (Å²) in [6.07, 6.45) is 3.46. The van der Waals surface area contributed by atoms with Crippen LogP contribution in [-0.4, -0.2) is 52.1 Å². The predicted molar refractivity (Wildman–Crippen MR) is 110 cm³/mol. The molecule has 7 nitrogen and oxygen atoms in total. The quantitative estimate of drug-likeness (QED) is 0.645. The first-order chi connectivity index (χ1) is 14.6. The van der Waals surface area contributed by atoms with Crippen molar-refractivity contribution in [3.8, 4) is 11.5 Å². The second-order valence-corrected chi connectivity index (χ2v) is 7.27. The molecule has 1 saturated heterocycles. The lowest BCUT2D eigenvalue weighted by molar-refractivity contribution is -0.130. The summed E-state index contributed by atoms with van der Waals surface area (Å²) in [7, 11) is 0. The molecule has 4 rings (SSSR count). The van der Waals surface area contributed by atoms with Crippen LogP contribution in [0.4, 0.5) is 10.2 Å². The highest BCUT2D eigenvalue weighted by molar-refractivity contribution is 5.79. The summed E-state index contributed by atoms with van der Waals surface area (Å²) in [4.78, 5) is 25.7. The molecular formula is C22H24FN5O2. The molecule has 0 radical (unpaired) electrons. The zero-order valence-electron chi connectivity index (χ0n) is 16.9. The Kier molecular flexibility index (Phi) is 6.02. The number of hydrogen-bond acceptors (Lipinski definition) is 6. The Balaban J connectivity index is 1.46. The fourth-order valence-corrected chi connectivity index (χ4v) is 3.63. The minimum absolute atomic E-state index is 0.00758. The first-order valence-corrected chi connectivity index (χ1v) is 10.2. The molecule has 0 aliphatic carbocycles. The van der Waals surface area contributed by atoms with Crippen molar-refractivity contribution in [2.24, 2.45) is 0 Å². The summed E-state index contributed by atoms with van der Waals surface area (Å²) in [5, 5.41) is 3.99. The lowest BCUT2D eigenvalue weighted by Gasteiger charge is -2.24. The second-order valence-electron chi connectivity index (χ2n) is 7.27. The van der Waals surface area contributed by atoms with Crippen LogP contribution in [0.5, 0.6) is 0 Å². The summed E-state index contributed by atoms with van der Waals surface area (Å²) >= 11 is 0. The zero-order chi connectivity index (χ0) is 20.9. The average molecular weight is 409 g/mol. The number of aryl methyl sites for hydroxylation is 1. The number of anilines is 1. The van der Waals surface area contributed by atoms with Crippen molar-refractivity contribution in [3.63, 3.8) is 0 Å². The van der Waals surface area contributed by atoms with Crippen LogP contribution in [0.15, 0.2) is 47.1 Å². The minimum Gasteiger partial charge on any atom is -0.354 e. The number of nitrogens with zero attached hydrogens (tertiary/aromatic N) is 5. The summed E-state index contributed by atoms with van der Waals surface area (Å²) in [5.41, 5.74) is 1.49. The predicted octanol–water partition coefficient (Wildman–Crippen LogP) is 3.11. The van der Waals surface area contributed by atoms with Gasteiger partial charge in [-0.1, -0.05) is 24.2 Å². The van der Waals surface area contributed by atoms with Crippen LogP contribution < -0.4 is 4.90 Å². The molecule has 1 aliphatic heterocycles. The minimum atomic E-state index is -0.322. The van der Waals surface area contributed by atoms with Gasteiger partial charge in [0.25, 0.3) is 5.89 Å². The third-order valence-electron chi connectivity index (χ3n) is 5.19. The number of benzene rings is 1. The van der Waals surface area contributed by atoms with E-state index in [1.165, 1.54) is 12.1 Å². The summed E-state index contributed by atoms with van der Waals surface area (Å²) in [6.45, 7) is 4.63. The van der Waals surface area contributed by atoms with Gasteiger partial charge in [-0.25, -0.2) is 9.37 Å². The van der Waals surface area contributed by atoms with Crippen LogP contribution in [0, 0.1) is 5.82 Å². The topological polar surface area (TPSA) is 75.4 Å². The highest BCUT2D eigenvalue weighted by Crippen LogP contribution is 2.28. The molecule has 1 amide bonds. The fraction of sp³-hybridized carbons (Fsp3) is 0.364. The molecule has 0 unspecified atom stereocenters. The van der Waals surface area contributed by atoms with Gasteiger partial charge in [-0.2, -0.15) is 4.98 Å². The molecule has 1 aliphatic rings. The number of aromatic nitrogens is 3. The smallest absolute Gasteiger partial charge is 0.261 e. The average Bonchev–Trinajstić information content (AvgIpc) is 3.10. The number of hydrogen-bond donors (Lipinski definition) is 0. The Hall–Kier alpha value is -3.29. The van der Waals surface area contributed by atoms with E-state index < -0.39 is 0 Å². The Morgan fingerprint density at radius 3 is 2.87 bits per heavy atom. The number of halogens is 1. The van der Waals surface area contributed by atoms with Crippen molar-refractivity contribution in [3.05, 3.63) is 59.8 Å². The molecule has 3 heterocycles. The van der Waals surface area contributed by atoms with Crippen LogP contribution >= 0.6 is 0 Å². The molecule has 2 aromatic heterocycles. The first-order valence-electron chi connectivity index (χ1n) is 10.2. The van der Waals surface area contributed by atoms with Crippen LogP contribution in [0.1, 0.15) is 24.7 Å². The van der Waals surface area contributed by atoms with Gasteiger partial charge in [0, 0.05) is 38.8 Å². The SMILES string of the molecule is CCc1noc(-c2cccnc2N2CCCN(C(=O)Cc3cccc(F)c3)CC2)n1. The summed E-state index contributed by atoms with van der Waals surface area (Å²) in [6, 6.07) is 9.98. The van der Waals surface area contributed by atoms with Crippen LogP contribution in [-0.2, 0) is 17.6 Å². The monoisotopic (exact) mass is 409 g/mol. The van der Waals surface area contributed by atoms with E-state index in [2.05, 4.69) is 20.0 Å². The van der Waals surface area contributed by atoms with Gasteiger partial charge in [0.2, 0.25) is 5.91 Å². The van der Waals surface area contributed by atoms with E-state index in [9.17, 15) is 9.18 Å². The largest absolute Gasteiger partial charge is 0.354 e. The second kappa shape index (κ2) is 9.02. The standard InChI is InChI=1S/C22H24FN5O2/c1-2-19-25-22(30-26-19)18-8-4-9-24-21(18)28-11-5-10-27(12-13-28)20(29)15-16-6-3-7-17(23)14-16/h3-4,6-9,14H,2,5,10-13,15H2,1H3. The molecule has 0 N–H and O–H groups in total. The fourth-order valence-electron chi connectivity index (χ4n) is 3.63. The molecule has 0 bridgehead atoms. The maximum absolute atomic E-state index is 13.4. The number of carbonyl (C=O) groups is 1. The molecule has 0 atom stereocenters. The summed E-state index contributed by atoms with van der Waals surface area (Å²) in [5.74, 6) is 1.58. The van der Waals surface area contributed by atoms with Crippen molar-refractivity contribution >= 4 is 11.7 Å². The molecular weight excluding hydrogens is 385 g/mol. The number of rotatable bonds is 5. The van der Waals surface area contributed by atoms with Crippen LogP contribution in [0.3, 0.4) is 0 Å². The number of carbonyl (C=O) groups excluding carboxylic acids is 1. The molecule has 0 spiro atoms. The first kappa shape index (κ1) is 20.0. The van der Waals surface area contributed by atoms with E-state index >= 15 is 0 Å². The van der Waals surface area contributed by atoms with Crippen molar-refractivity contribution in [2.75, 3.05) is 31.1 Å². The Morgan fingerprint density at radius 1 is 1.17 bits per heavy atom. The van der Waals surface area contributed by atoms with E-state index in [1.54, 1.807) is 18.3 Å². The van der Waals surface area contributed by atoms with E-state index in [1.807, 2.05) is 24.0 Å². The van der Waals surface area contributed by atoms with E-state index in [4.69, 9.17) is 4.52 Å². The number of pyridine rings is 1. The lowest BCUT2D eigenvalue weighted by atomic mass is 10.1. The van der Waals surface area contributed by atoms with Gasteiger partial charge >= 0.3 is 0 Å². The molecule has 8 heteroatoms. The third-order valence-corrected chi connectivity index (χ3v) is 5.19. The molecule has 0 saturated carbocycles. The molecule has 30 heavy (non-hydrogen) atoms. The van der Waals surface area contributed by atoms with Gasteiger partial charge in [-0.3, -0.25) is 4.79 Å². The Morgan fingerprint density at radius 2 is 2.07 bits per heavy atom. The highest BCUT2D eigenvalue weighted by Gasteiger charge is 2.23. The Bertz CT molecular complexity index is 1020. The van der Waals surface area contributed by atoms with Gasteiger partial charge < -0.3 is 14.3 Å². The van der Waals surface area contributed by atoms with E-state index in [-0.39, 0.29) is 18.1 Å². The van der Waals surface area contributed by atoms with Crippen molar-refractivity contribution < 1.29 is 13.7 Å². The maximum Gasteiger partial charge on any atom is 0.261 e. The number of amides is 1. The Labute approximate surface area is 174 Å². The van der Waals surface area contributed by atoms with E-state index in [0.29, 0.717) is 43.3 Å². The lowest BCUT2D eigenvalue weighted by Crippen LogP contribution is -2.36. The highest BCUT2D eigenvalue weighted by atomic mass is 19.1. The maximum atomic E-state index is 13.4. The van der Waals surface area contributed by atoms with Crippen LogP contribution in [0.2, 0.25) is 0 Å². The molecule has 3 aromatic rings. The van der Waals surface area contributed by atoms with Crippen LogP contribution in [0.25, 0.3) is 11.5 Å². The molecule has 1 aromatic carbocycles. The summed E-state index contributed by atoms with van der Waals surface area (Å²) < 4.78 is 18.8. The van der Waals surface area contributed by atoms with E-state index in [0.717, 1.165) is 24.3 Å². The molecule has 1 fully saturated rings. The van der Waals surface area contributed by atoms with Crippen molar-refractivity contribution in [1.29, 1.82) is 0 Å². The zero-order valence-corrected chi connectivity index (χ0v) is 16.9. The van der Waals surface area contributed by atoms with Gasteiger partial charge in [0.15, 0.2) is 5.82 Å². The third kappa shape index (κ3) is 4.48. The van der Waals surface area contributed by atoms with Gasteiger partial charge in [-0.05, 0) is 36.2 Å². The van der Waals surface area contributed by atoms with Crippen molar-refractivity contribution in [2.45, 2.75) is 26.2 Å². The van der Waals surface area contributed by atoms with Gasteiger partial charge in [0.1, 0.15) is 11.6 Å². The normalized spacial score (nSPS) is 14.6. The van der Waals surface area contributed by atoms with Gasteiger partial charge in [-0.15, -0.1) is 0 Å². The van der Waals surface area contributed by atoms with Crippen molar-refractivity contribution in [1.82, 2.24) is 20.0 Å².